The van der Waals surface area contributed by atoms with Crippen LogP contribution in [0.4, 0.5) is 0 Å². The van der Waals surface area contributed by atoms with Crippen LogP contribution in [0.5, 0.6) is 0 Å². The van der Waals surface area contributed by atoms with Crippen LogP contribution in [0.1, 0.15) is 6.92 Å². The van der Waals surface area contributed by atoms with Gasteiger partial charge in [-0.15, -0.1) is 0 Å². The molecule has 0 spiro atoms. The van der Waals surface area contributed by atoms with Crippen molar-refractivity contribution in [3.05, 3.63) is 0 Å². The van der Waals surface area contributed by atoms with Gasteiger partial charge >= 0.3 is 0 Å². The molecule has 66 valence electrons. The maximum absolute atomic E-state index is 7.57. The predicted octanol–water partition coefficient (Wildman–Crippen LogP) is -0.547. The molecule has 0 aliphatic heterocycles. The second kappa shape index (κ2) is 23.2. The molecule has 0 radical (unpaired) electrons. The molecule has 0 aliphatic rings. The largest absolute Gasteiger partial charge is 0.412 e. The quantitative estimate of drug-likeness (QED) is 0.555. The number of rotatable bonds is 3. The lowest BCUT2D eigenvalue weighted by Crippen LogP contribution is -1.96. The Labute approximate surface area is 62.1 Å². The van der Waals surface area contributed by atoms with Crippen LogP contribution in [0, 0.1) is 0 Å². The van der Waals surface area contributed by atoms with Crippen LogP contribution in [0.25, 0.3) is 0 Å². The van der Waals surface area contributed by atoms with Crippen LogP contribution in [0.2, 0.25) is 0 Å². The van der Waals surface area contributed by atoms with Crippen LogP contribution in [-0.2, 0) is 9.47 Å². The molecule has 0 unspecified atom stereocenters. The summed E-state index contributed by atoms with van der Waals surface area (Å²) >= 11 is 0. The molecule has 0 bridgehead atoms. The van der Waals surface area contributed by atoms with Crippen molar-refractivity contribution in [2.24, 2.45) is 0 Å². The third-order valence-corrected chi connectivity index (χ3v) is 0.492. The molecule has 0 saturated carbocycles. The second-order valence-corrected chi connectivity index (χ2v) is 1.30. The van der Waals surface area contributed by atoms with E-state index in [9.17, 15) is 0 Å². The van der Waals surface area contributed by atoms with Crippen molar-refractivity contribution in [3.8, 4) is 0 Å². The summed E-state index contributed by atoms with van der Waals surface area (Å²) in [7, 11) is 3.30. The van der Waals surface area contributed by atoms with Gasteiger partial charge < -0.3 is 20.1 Å². The Hall–Kier alpha value is -0.160. The highest BCUT2D eigenvalue weighted by molar-refractivity contribution is 4.17. The van der Waals surface area contributed by atoms with Gasteiger partial charge in [-0.05, 0) is 6.92 Å². The van der Waals surface area contributed by atoms with Crippen molar-refractivity contribution in [3.63, 3.8) is 0 Å². The molecule has 3 N–H and O–H groups in total. The van der Waals surface area contributed by atoms with Crippen molar-refractivity contribution >= 4 is 0 Å². The lowest BCUT2D eigenvalue weighted by Gasteiger charge is -1.91. The third kappa shape index (κ3) is 45.5. The first-order valence-electron chi connectivity index (χ1n) is 2.92. The van der Waals surface area contributed by atoms with Gasteiger partial charge in [0.1, 0.15) is 0 Å². The molecule has 0 atom stereocenters. The summed E-state index contributed by atoms with van der Waals surface area (Å²) in [6.45, 7) is 3.31. The highest BCUT2D eigenvalue weighted by Gasteiger charge is 1.73. The van der Waals surface area contributed by atoms with E-state index in [1.54, 1.807) is 21.1 Å². The average Bonchev–Trinajstić information content (AvgIpc) is 1.86. The molecular weight excluding hydrogens is 136 g/mol. The zero-order valence-corrected chi connectivity index (χ0v) is 6.89. The Morgan fingerprint density at radius 1 is 1.10 bits per heavy atom. The molecule has 0 aliphatic carbocycles. The van der Waals surface area contributed by atoms with Gasteiger partial charge in [0.2, 0.25) is 0 Å². The molecule has 0 saturated heterocycles. The van der Waals surface area contributed by atoms with Gasteiger partial charge in [0.15, 0.2) is 0 Å². The van der Waals surface area contributed by atoms with Crippen molar-refractivity contribution < 1.29 is 20.1 Å². The van der Waals surface area contributed by atoms with Crippen molar-refractivity contribution in [1.82, 2.24) is 0 Å². The molecule has 0 aromatic rings. The number of methoxy groups -OCH3 is 2. The maximum atomic E-state index is 7.57. The SMILES string of the molecule is CCO.COCCOC.O. The Kier molecular flexibility index (Phi) is 38.1. The molecule has 0 amide bonds. The Morgan fingerprint density at radius 2 is 1.30 bits per heavy atom. The fourth-order valence-corrected chi connectivity index (χ4v) is 0.167. The van der Waals surface area contributed by atoms with Gasteiger partial charge in [-0.25, -0.2) is 0 Å². The van der Waals surface area contributed by atoms with E-state index in [0.717, 1.165) is 0 Å². The van der Waals surface area contributed by atoms with Crippen LogP contribution < -0.4 is 0 Å². The lowest BCUT2D eigenvalue weighted by molar-refractivity contribution is 0.103. The zero-order valence-electron chi connectivity index (χ0n) is 6.89. The van der Waals surface area contributed by atoms with E-state index in [0.29, 0.717) is 13.2 Å². The summed E-state index contributed by atoms with van der Waals surface area (Å²) in [5.74, 6) is 0. The molecular formula is C6H18O4. The highest BCUT2D eigenvalue weighted by Crippen LogP contribution is 1.65. The molecule has 0 heterocycles. The lowest BCUT2D eigenvalue weighted by atomic mass is 10.8. The summed E-state index contributed by atoms with van der Waals surface area (Å²) in [5, 5.41) is 7.57. The van der Waals surface area contributed by atoms with Gasteiger partial charge in [-0.3, -0.25) is 0 Å². The Bertz CT molecular complexity index is 28.9. The molecule has 0 aromatic carbocycles. The van der Waals surface area contributed by atoms with E-state index in [-0.39, 0.29) is 12.1 Å². The monoisotopic (exact) mass is 154 g/mol. The van der Waals surface area contributed by atoms with Gasteiger partial charge in [0.25, 0.3) is 0 Å². The second-order valence-electron chi connectivity index (χ2n) is 1.30. The van der Waals surface area contributed by atoms with E-state index in [4.69, 9.17) is 5.11 Å². The Balaban J connectivity index is -0.000000107. The minimum atomic E-state index is 0. The maximum Gasteiger partial charge on any atom is 0.0696 e. The van der Waals surface area contributed by atoms with Crippen molar-refractivity contribution in [2.75, 3.05) is 34.0 Å². The topological polar surface area (TPSA) is 70.2 Å². The van der Waals surface area contributed by atoms with Crippen molar-refractivity contribution in [1.29, 1.82) is 0 Å². The van der Waals surface area contributed by atoms with E-state index in [1.807, 2.05) is 0 Å². The standard InChI is InChI=1S/C4H10O2.C2H6O.H2O/c1-5-3-4-6-2;1-2-3;/h3-4H2,1-2H3;3H,2H2,1H3;1H2. The summed E-state index contributed by atoms with van der Waals surface area (Å²) in [6, 6.07) is 0. The zero-order chi connectivity index (χ0) is 7.54. The predicted molar refractivity (Wildman–Crippen MR) is 40.1 cm³/mol. The van der Waals surface area contributed by atoms with Crippen LogP contribution in [0.15, 0.2) is 0 Å². The van der Waals surface area contributed by atoms with Crippen molar-refractivity contribution in [2.45, 2.75) is 6.92 Å². The van der Waals surface area contributed by atoms with Gasteiger partial charge in [0, 0.05) is 20.8 Å². The molecule has 10 heavy (non-hydrogen) atoms. The van der Waals surface area contributed by atoms with E-state index >= 15 is 0 Å². The number of ether oxygens (including phenoxy) is 2. The minimum absolute atomic E-state index is 0. The molecule has 0 aromatic heterocycles. The fraction of sp³-hybridized carbons (Fsp3) is 1.00. The first-order chi connectivity index (χ1) is 4.33. The van der Waals surface area contributed by atoms with Gasteiger partial charge in [-0.1, -0.05) is 0 Å². The average molecular weight is 154 g/mol. The smallest absolute Gasteiger partial charge is 0.0696 e. The van der Waals surface area contributed by atoms with E-state index in [1.165, 1.54) is 0 Å². The molecule has 0 fully saturated rings. The number of aliphatic hydroxyl groups is 1. The third-order valence-electron chi connectivity index (χ3n) is 0.492. The Morgan fingerprint density at radius 3 is 1.40 bits per heavy atom. The highest BCUT2D eigenvalue weighted by atomic mass is 16.5. The van der Waals surface area contributed by atoms with Gasteiger partial charge in [-0.2, -0.15) is 0 Å². The minimum Gasteiger partial charge on any atom is -0.412 e. The van der Waals surface area contributed by atoms with Crippen LogP contribution in [-0.4, -0.2) is 44.6 Å². The van der Waals surface area contributed by atoms with E-state index < -0.39 is 0 Å². The summed E-state index contributed by atoms with van der Waals surface area (Å²) in [4.78, 5) is 0. The fourth-order valence-electron chi connectivity index (χ4n) is 0.167. The summed E-state index contributed by atoms with van der Waals surface area (Å²) in [5.41, 5.74) is 0. The number of hydrogen-bond donors (Lipinski definition) is 1. The van der Waals surface area contributed by atoms with Crippen LogP contribution >= 0.6 is 0 Å². The summed E-state index contributed by atoms with van der Waals surface area (Å²) < 4.78 is 9.31. The first-order valence-corrected chi connectivity index (χ1v) is 2.92. The van der Waals surface area contributed by atoms with Gasteiger partial charge in [0.05, 0.1) is 13.2 Å². The van der Waals surface area contributed by atoms with E-state index in [2.05, 4.69) is 9.47 Å². The molecule has 0 rings (SSSR count). The summed E-state index contributed by atoms with van der Waals surface area (Å²) in [6.07, 6.45) is 0. The number of hydrogen-bond acceptors (Lipinski definition) is 3. The van der Waals surface area contributed by atoms with Crippen LogP contribution in [0.3, 0.4) is 0 Å². The molecule has 4 heteroatoms. The number of aliphatic hydroxyl groups excluding tert-OH is 1. The molecule has 4 nitrogen and oxygen atoms in total. The first kappa shape index (κ1) is 16.4. The normalized spacial score (nSPS) is 7.20.